The van der Waals surface area contributed by atoms with E-state index in [9.17, 15) is 25.9 Å². The van der Waals surface area contributed by atoms with Crippen molar-refractivity contribution in [2.45, 2.75) is 88.1 Å². The fourth-order valence-corrected chi connectivity index (χ4v) is 4.97. The third kappa shape index (κ3) is 12.7. The second-order valence-corrected chi connectivity index (χ2v) is 9.95. The molecule has 0 aliphatic heterocycles. The zero-order valence-electron chi connectivity index (χ0n) is 15.4. The van der Waals surface area contributed by atoms with Crippen molar-refractivity contribution < 1.29 is 30.7 Å². The van der Waals surface area contributed by atoms with Crippen molar-refractivity contribution >= 4 is 20.2 Å². The molecule has 0 aromatic rings. The molecule has 0 fully saturated rings. The van der Waals surface area contributed by atoms with Crippen LogP contribution in [-0.4, -0.2) is 50.2 Å². The molecule has 0 aromatic heterocycles. The molecule has 0 spiro atoms. The van der Waals surface area contributed by atoms with Gasteiger partial charge in [0.15, 0.2) is 0 Å². The van der Waals surface area contributed by atoms with Crippen molar-refractivity contribution in [3.05, 3.63) is 0 Å². The molecule has 152 valence electrons. The van der Waals surface area contributed by atoms with Crippen molar-refractivity contribution in [1.29, 1.82) is 0 Å². The van der Waals surface area contributed by atoms with E-state index in [-0.39, 0.29) is 19.3 Å². The van der Waals surface area contributed by atoms with Gasteiger partial charge in [0.1, 0.15) is 0 Å². The van der Waals surface area contributed by atoms with E-state index in [0.717, 1.165) is 45.1 Å². The number of hydrogen-bond donors (Lipinski definition) is 2. The van der Waals surface area contributed by atoms with Crippen molar-refractivity contribution in [2.75, 3.05) is 13.7 Å². The van der Waals surface area contributed by atoms with Crippen LogP contribution in [0.4, 0.5) is 0 Å². The number of methoxy groups -OCH3 is 1. The van der Waals surface area contributed by atoms with Gasteiger partial charge >= 0.3 is 0 Å². The van der Waals surface area contributed by atoms with E-state index >= 15 is 0 Å². The molecule has 0 aliphatic carbocycles. The van der Waals surface area contributed by atoms with Crippen molar-refractivity contribution in [3.63, 3.8) is 0 Å². The maximum absolute atomic E-state index is 11.5. The second-order valence-electron chi connectivity index (χ2n) is 6.55. The van der Waals surface area contributed by atoms with Crippen LogP contribution >= 0.6 is 0 Å². The Hall–Kier alpha value is -0.220. The normalized spacial score (nSPS) is 15.2. The third-order valence-corrected chi connectivity index (χ3v) is 6.89. The Bertz CT molecular complexity index is 529. The first kappa shape index (κ1) is 24.8. The number of unbranched alkanes of at least 4 members (excludes halogenated alkanes) is 6. The van der Waals surface area contributed by atoms with Gasteiger partial charge in [-0.05, 0) is 25.7 Å². The van der Waals surface area contributed by atoms with Gasteiger partial charge in [0, 0.05) is 13.7 Å². The predicted molar refractivity (Wildman–Crippen MR) is 99.0 cm³/mol. The lowest BCUT2D eigenvalue weighted by atomic mass is 10.0. The standard InChI is InChI=1S/C16H34O7S2/c1-3-11-15(24(17,18)19)14-16(25(20,21)22)12-9-7-5-4-6-8-10-13-23-2/h15-16H,3-14H2,1-2H3,(H,17,18,19)(H,20,21,22). The lowest BCUT2D eigenvalue weighted by Gasteiger charge is -2.19. The van der Waals surface area contributed by atoms with E-state index in [2.05, 4.69) is 0 Å². The summed E-state index contributed by atoms with van der Waals surface area (Å²) < 4.78 is 69.4. The molecule has 0 aromatic carbocycles. The van der Waals surface area contributed by atoms with E-state index in [0.29, 0.717) is 12.8 Å². The lowest BCUT2D eigenvalue weighted by Crippen LogP contribution is -2.30. The van der Waals surface area contributed by atoms with Crippen LogP contribution in [0, 0.1) is 0 Å². The Morgan fingerprint density at radius 3 is 1.64 bits per heavy atom. The SMILES string of the molecule is CCCC(CC(CCCCCCCCCOC)S(=O)(=O)O)S(=O)(=O)O. The van der Waals surface area contributed by atoms with E-state index in [4.69, 9.17) is 4.74 Å². The number of hydrogen-bond acceptors (Lipinski definition) is 5. The van der Waals surface area contributed by atoms with Gasteiger partial charge < -0.3 is 4.74 Å². The minimum atomic E-state index is -4.34. The average molecular weight is 403 g/mol. The maximum Gasteiger partial charge on any atom is 0.267 e. The van der Waals surface area contributed by atoms with Crippen LogP contribution < -0.4 is 0 Å². The van der Waals surface area contributed by atoms with Crippen LogP contribution in [0.5, 0.6) is 0 Å². The van der Waals surface area contributed by atoms with Gasteiger partial charge in [0.05, 0.1) is 10.5 Å². The first-order valence-corrected chi connectivity index (χ1v) is 12.0. The molecular weight excluding hydrogens is 368 g/mol. The largest absolute Gasteiger partial charge is 0.385 e. The molecule has 2 atom stereocenters. The Balaban J connectivity index is 4.30. The predicted octanol–water partition coefficient (Wildman–Crippen LogP) is 3.46. The van der Waals surface area contributed by atoms with Crippen molar-refractivity contribution in [3.8, 4) is 0 Å². The van der Waals surface area contributed by atoms with Gasteiger partial charge in [-0.15, -0.1) is 0 Å². The average Bonchev–Trinajstić information content (AvgIpc) is 2.49. The molecule has 0 aliphatic rings. The first-order valence-electron chi connectivity index (χ1n) is 9.04. The van der Waals surface area contributed by atoms with E-state index in [1.807, 2.05) is 0 Å². The fraction of sp³-hybridized carbons (Fsp3) is 1.00. The molecule has 0 amide bonds. The molecule has 7 nitrogen and oxygen atoms in total. The summed E-state index contributed by atoms with van der Waals surface area (Å²) >= 11 is 0. The van der Waals surface area contributed by atoms with Gasteiger partial charge in [0.2, 0.25) is 0 Å². The van der Waals surface area contributed by atoms with Crippen LogP contribution in [0.15, 0.2) is 0 Å². The van der Waals surface area contributed by atoms with Crippen LogP contribution in [0.1, 0.15) is 77.6 Å². The topological polar surface area (TPSA) is 118 Å². The summed E-state index contributed by atoms with van der Waals surface area (Å²) in [4.78, 5) is 0. The van der Waals surface area contributed by atoms with Gasteiger partial charge in [-0.25, -0.2) is 0 Å². The van der Waals surface area contributed by atoms with Crippen LogP contribution in [0.2, 0.25) is 0 Å². The van der Waals surface area contributed by atoms with Gasteiger partial charge in [0.25, 0.3) is 20.2 Å². The van der Waals surface area contributed by atoms with Crippen molar-refractivity contribution in [1.82, 2.24) is 0 Å². The summed E-state index contributed by atoms with van der Waals surface area (Å²) in [7, 11) is -6.97. The Morgan fingerprint density at radius 1 is 0.760 bits per heavy atom. The Kier molecular flexibility index (Phi) is 12.9. The van der Waals surface area contributed by atoms with E-state index < -0.39 is 30.7 Å². The molecule has 0 heterocycles. The smallest absolute Gasteiger partial charge is 0.267 e. The second kappa shape index (κ2) is 13.0. The monoisotopic (exact) mass is 402 g/mol. The summed E-state index contributed by atoms with van der Waals surface area (Å²) in [6, 6.07) is 0. The lowest BCUT2D eigenvalue weighted by molar-refractivity contribution is 0.192. The van der Waals surface area contributed by atoms with Gasteiger partial charge in [-0.1, -0.05) is 51.9 Å². The minimum absolute atomic E-state index is 0.173. The molecule has 0 bridgehead atoms. The fourth-order valence-electron chi connectivity index (χ4n) is 2.89. The number of ether oxygens (including phenoxy) is 1. The highest BCUT2D eigenvalue weighted by atomic mass is 32.2. The van der Waals surface area contributed by atoms with Crippen molar-refractivity contribution in [2.24, 2.45) is 0 Å². The van der Waals surface area contributed by atoms with Gasteiger partial charge in [-0.2, -0.15) is 16.8 Å². The number of rotatable bonds is 16. The molecule has 9 heteroatoms. The molecule has 0 radical (unpaired) electrons. The summed E-state index contributed by atoms with van der Waals surface area (Å²) in [5.74, 6) is 0. The van der Waals surface area contributed by atoms with Crippen LogP contribution in [0.3, 0.4) is 0 Å². The molecular formula is C16H34O7S2. The Labute approximate surface area is 153 Å². The first-order chi connectivity index (χ1) is 11.6. The summed E-state index contributed by atoms with van der Waals surface area (Å²) in [5.41, 5.74) is 0. The van der Waals surface area contributed by atoms with Gasteiger partial charge in [-0.3, -0.25) is 9.11 Å². The maximum atomic E-state index is 11.5. The molecule has 0 rings (SSSR count). The zero-order valence-corrected chi connectivity index (χ0v) is 17.0. The highest BCUT2D eigenvalue weighted by Gasteiger charge is 2.31. The molecule has 0 saturated carbocycles. The highest BCUT2D eigenvalue weighted by molar-refractivity contribution is 7.87. The quantitative estimate of drug-likeness (QED) is 0.300. The van der Waals surface area contributed by atoms with E-state index in [1.165, 1.54) is 0 Å². The van der Waals surface area contributed by atoms with Crippen LogP contribution in [0.25, 0.3) is 0 Å². The third-order valence-electron chi connectivity index (χ3n) is 4.35. The zero-order chi connectivity index (χ0) is 19.3. The molecule has 25 heavy (non-hydrogen) atoms. The molecule has 0 saturated heterocycles. The summed E-state index contributed by atoms with van der Waals surface area (Å²) in [5, 5.41) is -2.29. The summed E-state index contributed by atoms with van der Waals surface area (Å²) in [6.45, 7) is 2.52. The van der Waals surface area contributed by atoms with Crippen LogP contribution in [-0.2, 0) is 25.0 Å². The highest BCUT2D eigenvalue weighted by Crippen LogP contribution is 2.22. The molecule has 2 unspecified atom stereocenters. The summed E-state index contributed by atoms with van der Waals surface area (Å²) in [6.07, 6.45) is 7.34. The Morgan fingerprint density at radius 2 is 1.20 bits per heavy atom. The minimum Gasteiger partial charge on any atom is -0.385 e. The van der Waals surface area contributed by atoms with E-state index in [1.54, 1.807) is 14.0 Å². The molecule has 2 N–H and O–H groups in total.